The highest BCUT2D eigenvalue weighted by molar-refractivity contribution is 7.25. The molecule has 3 aromatic carbocycles. The first kappa shape index (κ1) is 13.1. The Kier molecular flexibility index (Phi) is 3.17. The molecule has 1 nitrogen and oxygen atoms in total. The number of benzene rings is 3. The van der Waals surface area contributed by atoms with Gasteiger partial charge in [0, 0.05) is 31.5 Å². The molecule has 1 heterocycles. The summed E-state index contributed by atoms with van der Waals surface area (Å²) in [5, 5.41) is 6.07. The van der Waals surface area contributed by atoms with Crippen LogP contribution in [0.3, 0.4) is 0 Å². The number of thiophene rings is 1. The fraction of sp³-hybridized carbons (Fsp3) is 0. The molecule has 0 fully saturated rings. The van der Waals surface area contributed by atoms with Gasteiger partial charge in [-0.2, -0.15) is 0 Å². The van der Waals surface area contributed by atoms with Crippen molar-refractivity contribution >= 4 is 49.0 Å². The highest BCUT2D eigenvalue weighted by Crippen LogP contribution is 2.36. The molecule has 2 heteroatoms. The maximum absolute atomic E-state index is 3.85. The lowest BCUT2D eigenvalue weighted by Gasteiger charge is -2.06. The number of hydrogen-bond acceptors (Lipinski definition) is 2. The lowest BCUT2D eigenvalue weighted by Crippen LogP contribution is -1.88. The van der Waals surface area contributed by atoms with Crippen molar-refractivity contribution in [1.29, 1.82) is 0 Å². The van der Waals surface area contributed by atoms with Crippen LogP contribution in [0.4, 0.5) is 11.4 Å². The molecule has 1 aromatic heterocycles. The van der Waals surface area contributed by atoms with E-state index >= 15 is 0 Å². The maximum Gasteiger partial charge on any atom is 0.0391 e. The summed E-state index contributed by atoms with van der Waals surface area (Å²) in [5.41, 5.74) is 3.39. The van der Waals surface area contributed by atoms with Crippen LogP contribution in [-0.4, -0.2) is 0 Å². The SMILES string of the molecule is C=Cc1ccc2c(c1)sc1ccc(Nc3ccccc3)cc12. The van der Waals surface area contributed by atoms with E-state index in [9.17, 15) is 0 Å². The van der Waals surface area contributed by atoms with Gasteiger partial charge in [-0.25, -0.2) is 0 Å². The van der Waals surface area contributed by atoms with E-state index in [0.717, 1.165) is 11.4 Å². The van der Waals surface area contributed by atoms with Gasteiger partial charge >= 0.3 is 0 Å². The molecule has 4 aromatic rings. The Balaban J connectivity index is 1.82. The molecule has 1 N–H and O–H groups in total. The van der Waals surface area contributed by atoms with Gasteiger partial charge < -0.3 is 5.32 Å². The molecule has 0 atom stereocenters. The van der Waals surface area contributed by atoms with Crippen LogP contribution in [0.2, 0.25) is 0 Å². The van der Waals surface area contributed by atoms with Gasteiger partial charge in [0.15, 0.2) is 0 Å². The highest BCUT2D eigenvalue weighted by atomic mass is 32.1. The number of hydrogen-bond donors (Lipinski definition) is 1. The van der Waals surface area contributed by atoms with E-state index in [-0.39, 0.29) is 0 Å². The maximum atomic E-state index is 3.85. The Morgan fingerprint density at radius 2 is 1.64 bits per heavy atom. The molecule has 4 rings (SSSR count). The smallest absolute Gasteiger partial charge is 0.0391 e. The van der Waals surface area contributed by atoms with E-state index in [1.165, 1.54) is 25.7 Å². The summed E-state index contributed by atoms with van der Waals surface area (Å²) in [6.45, 7) is 3.85. The molecule has 0 amide bonds. The van der Waals surface area contributed by atoms with Crippen LogP contribution >= 0.6 is 11.3 Å². The summed E-state index contributed by atoms with van der Waals surface area (Å²) in [6.07, 6.45) is 1.90. The van der Waals surface area contributed by atoms with Crippen LogP contribution < -0.4 is 5.32 Å². The molecule has 0 aliphatic rings. The van der Waals surface area contributed by atoms with Gasteiger partial charge in [0.05, 0.1) is 0 Å². The standard InChI is InChI=1S/C20H15NS/c1-2-14-8-10-17-18-13-16(21-15-6-4-3-5-7-15)9-11-19(18)22-20(17)12-14/h2-13,21H,1H2. The Morgan fingerprint density at radius 3 is 2.45 bits per heavy atom. The summed E-state index contributed by atoms with van der Waals surface area (Å²) >= 11 is 1.83. The Hall–Kier alpha value is -2.58. The molecule has 0 spiro atoms. The first-order valence-corrected chi connectivity index (χ1v) is 8.06. The quantitative estimate of drug-likeness (QED) is 0.459. The molecule has 0 radical (unpaired) electrons. The average molecular weight is 301 g/mol. The van der Waals surface area contributed by atoms with E-state index in [1.54, 1.807) is 0 Å². The normalized spacial score (nSPS) is 10.9. The van der Waals surface area contributed by atoms with Gasteiger partial charge in [0.2, 0.25) is 0 Å². The van der Waals surface area contributed by atoms with Gasteiger partial charge in [-0.15, -0.1) is 11.3 Å². The predicted octanol–water partition coefficient (Wildman–Crippen LogP) is 6.44. The molecule has 0 aliphatic heterocycles. The molecule has 0 unspecified atom stereocenters. The third-order valence-electron chi connectivity index (χ3n) is 3.79. The number of anilines is 2. The summed E-state index contributed by atoms with van der Waals surface area (Å²) in [4.78, 5) is 0. The topological polar surface area (TPSA) is 12.0 Å². The molecule has 0 saturated heterocycles. The van der Waals surface area contributed by atoms with Gasteiger partial charge in [0.1, 0.15) is 0 Å². The molecular formula is C20H15NS. The highest BCUT2D eigenvalue weighted by Gasteiger charge is 2.06. The second kappa shape index (κ2) is 5.32. The molecule has 22 heavy (non-hydrogen) atoms. The van der Waals surface area contributed by atoms with Crippen LogP contribution in [0, 0.1) is 0 Å². The second-order valence-corrected chi connectivity index (χ2v) is 6.35. The third kappa shape index (κ3) is 2.28. The van der Waals surface area contributed by atoms with E-state index in [4.69, 9.17) is 0 Å². The van der Waals surface area contributed by atoms with Crippen molar-refractivity contribution in [3.63, 3.8) is 0 Å². The van der Waals surface area contributed by atoms with Crippen molar-refractivity contribution in [1.82, 2.24) is 0 Å². The summed E-state index contributed by atoms with van der Waals surface area (Å²) < 4.78 is 2.62. The molecule has 106 valence electrons. The van der Waals surface area contributed by atoms with Crippen LogP contribution in [0.5, 0.6) is 0 Å². The minimum Gasteiger partial charge on any atom is -0.356 e. The number of nitrogens with one attached hydrogen (secondary N) is 1. The van der Waals surface area contributed by atoms with Crippen molar-refractivity contribution in [3.8, 4) is 0 Å². The third-order valence-corrected chi connectivity index (χ3v) is 4.93. The zero-order valence-electron chi connectivity index (χ0n) is 12.0. The average Bonchev–Trinajstić information content (AvgIpc) is 2.93. The van der Waals surface area contributed by atoms with Crippen molar-refractivity contribution < 1.29 is 0 Å². The second-order valence-electron chi connectivity index (χ2n) is 5.26. The van der Waals surface area contributed by atoms with E-state index < -0.39 is 0 Å². The van der Waals surface area contributed by atoms with E-state index in [1.807, 2.05) is 35.6 Å². The Bertz CT molecular complexity index is 967. The fourth-order valence-corrected chi connectivity index (χ4v) is 3.82. The van der Waals surface area contributed by atoms with Gasteiger partial charge in [0.25, 0.3) is 0 Å². The zero-order valence-corrected chi connectivity index (χ0v) is 12.9. The summed E-state index contributed by atoms with van der Waals surface area (Å²) in [5.74, 6) is 0. The zero-order chi connectivity index (χ0) is 14.9. The minimum atomic E-state index is 1.11. The van der Waals surface area contributed by atoms with Crippen LogP contribution in [0.15, 0.2) is 73.3 Å². The number of fused-ring (bicyclic) bond motifs is 3. The van der Waals surface area contributed by atoms with Crippen molar-refractivity contribution in [3.05, 3.63) is 78.9 Å². The lowest BCUT2D eigenvalue weighted by molar-refractivity contribution is 1.57. The first-order chi connectivity index (χ1) is 10.8. The number of para-hydroxylation sites is 1. The summed E-state index contributed by atoms with van der Waals surface area (Å²) in [7, 11) is 0. The van der Waals surface area contributed by atoms with Crippen molar-refractivity contribution in [2.75, 3.05) is 5.32 Å². The van der Waals surface area contributed by atoms with Crippen molar-refractivity contribution in [2.45, 2.75) is 0 Å². The van der Waals surface area contributed by atoms with Crippen LogP contribution in [-0.2, 0) is 0 Å². The predicted molar refractivity (Wildman–Crippen MR) is 99.1 cm³/mol. The van der Waals surface area contributed by atoms with E-state index in [0.29, 0.717) is 0 Å². The molecule has 0 aliphatic carbocycles. The van der Waals surface area contributed by atoms with Crippen LogP contribution in [0.25, 0.3) is 26.2 Å². The summed E-state index contributed by atoms with van der Waals surface area (Å²) in [6, 6.07) is 23.3. The van der Waals surface area contributed by atoms with Gasteiger partial charge in [-0.1, -0.05) is 43.0 Å². The minimum absolute atomic E-state index is 1.11. The van der Waals surface area contributed by atoms with Crippen molar-refractivity contribution in [2.24, 2.45) is 0 Å². The van der Waals surface area contributed by atoms with Gasteiger partial charge in [-0.3, -0.25) is 0 Å². The Labute approximate surface area is 133 Å². The molecule has 0 saturated carbocycles. The first-order valence-electron chi connectivity index (χ1n) is 7.24. The number of rotatable bonds is 3. The largest absolute Gasteiger partial charge is 0.356 e. The Morgan fingerprint density at radius 1 is 0.773 bits per heavy atom. The van der Waals surface area contributed by atoms with E-state index in [2.05, 4.69) is 60.4 Å². The van der Waals surface area contributed by atoms with Gasteiger partial charge in [-0.05, 0) is 42.0 Å². The molecule has 0 bridgehead atoms. The van der Waals surface area contributed by atoms with Crippen LogP contribution in [0.1, 0.15) is 5.56 Å². The lowest BCUT2D eigenvalue weighted by atomic mass is 10.1. The fourth-order valence-electron chi connectivity index (χ4n) is 2.69. The molecular weight excluding hydrogens is 286 g/mol. The monoisotopic (exact) mass is 301 g/mol.